The molecule has 0 radical (unpaired) electrons. The summed E-state index contributed by atoms with van der Waals surface area (Å²) in [6.07, 6.45) is 0.0795. The van der Waals surface area contributed by atoms with Crippen molar-refractivity contribution >= 4 is 5.91 Å². The molecular weight excluding hydrogens is 392 g/mol. The van der Waals surface area contributed by atoms with E-state index in [1.165, 1.54) is 12.1 Å². The molecule has 1 heterocycles. The molecule has 0 unspecified atom stereocenters. The maximum absolute atomic E-state index is 13.3. The fourth-order valence-electron chi connectivity index (χ4n) is 4.39. The van der Waals surface area contributed by atoms with Crippen molar-refractivity contribution in [2.45, 2.75) is 37.9 Å². The van der Waals surface area contributed by atoms with Crippen molar-refractivity contribution in [2.24, 2.45) is 0 Å². The number of phenolic OH excluding ortho intramolecular Hbond substituents is 1. The lowest BCUT2D eigenvalue weighted by atomic mass is 9.78. The molecule has 0 bridgehead atoms. The second kappa shape index (κ2) is 8.60. The average Bonchev–Trinajstić information content (AvgIpc) is 2.77. The maximum atomic E-state index is 13.3. The number of carbonyl (C=O) groups excluding carboxylic acids is 1. The van der Waals surface area contributed by atoms with E-state index in [0.717, 1.165) is 16.7 Å². The number of hydrogen-bond donors (Lipinski definition) is 1. The summed E-state index contributed by atoms with van der Waals surface area (Å²) in [5.74, 6) is -0.574. The number of benzene rings is 3. The van der Waals surface area contributed by atoms with E-state index in [-0.39, 0.29) is 29.5 Å². The Bertz CT molecular complexity index is 1060. The van der Waals surface area contributed by atoms with Crippen LogP contribution in [0, 0.1) is 17.0 Å². The zero-order chi connectivity index (χ0) is 22.0. The smallest absolute Gasteiger partial charge is 0.244 e. The van der Waals surface area contributed by atoms with E-state index in [4.69, 9.17) is 0 Å². The molecule has 0 aliphatic carbocycles. The molecular formula is C25H24N2O4. The molecule has 4 rings (SSSR count). The summed E-state index contributed by atoms with van der Waals surface area (Å²) in [4.78, 5) is 27.0. The fraction of sp³-hybridized carbons (Fsp3) is 0.240. The van der Waals surface area contributed by atoms with Gasteiger partial charge in [0, 0.05) is 17.9 Å². The van der Waals surface area contributed by atoms with Crippen molar-refractivity contribution in [3.05, 3.63) is 111 Å². The van der Waals surface area contributed by atoms with E-state index in [9.17, 15) is 20.0 Å². The number of hydrogen-bond acceptors (Lipinski definition) is 4. The van der Waals surface area contributed by atoms with Gasteiger partial charge in [0.2, 0.25) is 11.9 Å². The second-order valence-corrected chi connectivity index (χ2v) is 8.04. The van der Waals surface area contributed by atoms with E-state index >= 15 is 0 Å². The van der Waals surface area contributed by atoms with Crippen LogP contribution in [0.25, 0.3) is 0 Å². The van der Waals surface area contributed by atoms with E-state index in [1.54, 1.807) is 17.0 Å². The first kappa shape index (κ1) is 20.6. The molecule has 31 heavy (non-hydrogen) atoms. The Balaban J connectivity index is 1.80. The van der Waals surface area contributed by atoms with Gasteiger partial charge in [-0.05, 0) is 35.7 Å². The monoisotopic (exact) mass is 416 g/mol. The molecule has 6 nitrogen and oxygen atoms in total. The van der Waals surface area contributed by atoms with Crippen LogP contribution in [0.15, 0.2) is 78.9 Å². The summed E-state index contributed by atoms with van der Waals surface area (Å²) in [5.41, 5.74) is 3.45. The van der Waals surface area contributed by atoms with E-state index in [2.05, 4.69) is 0 Å². The molecule has 0 aromatic heterocycles. The molecule has 1 aliphatic rings. The van der Waals surface area contributed by atoms with Crippen molar-refractivity contribution in [3.8, 4) is 5.75 Å². The number of phenols is 1. The van der Waals surface area contributed by atoms with E-state index in [1.807, 2.05) is 61.5 Å². The van der Waals surface area contributed by atoms with Gasteiger partial charge in [-0.25, -0.2) is 0 Å². The van der Waals surface area contributed by atoms with Crippen LogP contribution in [-0.4, -0.2) is 26.9 Å². The Kier molecular flexibility index (Phi) is 5.71. The molecule has 1 N–H and O–H groups in total. The number of likely N-dealkylation sites (tertiary alicyclic amines) is 1. The van der Waals surface area contributed by atoms with Gasteiger partial charge in [0.25, 0.3) is 0 Å². The average molecular weight is 416 g/mol. The SMILES string of the molecule is Cc1ccc(CN2C(=O)C[C@@H](c3ccccc3)[C@H]([N+](=O)[O-])[C@H]2c2ccc(O)cc2)cc1. The molecule has 158 valence electrons. The molecule has 6 heteroatoms. The number of rotatable bonds is 5. The second-order valence-electron chi connectivity index (χ2n) is 8.04. The minimum absolute atomic E-state index is 0.0771. The normalized spacial score (nSPS) is 21.1. The van der Waals surface area contributed by atoms with Crippen LogP contribution in [0.5, 0.6) is 5.75 Å². The molecule has 0 saturated carbocycles. The molecule has 0 spiro atoms. The molecule has 1 saturated heterocycles. The molecule has 1 fully saturated rings. The van der Waals surface area contributed by atoms with E-state index < -0.39 is 18.0 Å². The van der Waals surface area contributed by atoms with Crippen LogP contribution in [0.3, 0.4) is 0 Å². The fourth-order valence-corrected chi connectivity index (χ4v) is 4.39. The third-order valence-corrected chi connectivity index (χ3v) is 5.97. The standard InChI is InChI=1S/C25H24N2O4/c1-17-7-9-18(10-8-17)16-26-23(29)15-22(19-5-3-2-4-6-19)25(27(30)31)24(26)20-11-13-21(28)14-12-20/h2-14,22,24-25,28H,15-16H2,1H3/t22-,24+,25-/m0/s1. The predicted octanol–water partition coefficient (Wildman–Crippen LogP) is 4.60. The number of amides is 1. The summed E-state index contributed by atoms with van der Waals surface area (Å²) in [7, 11) is 0. The molecule has 3 aromatic carbocycles. The van der Waals surface area contributed by atoms with Gasteiger partial charge < -0.3 is 10.0 Å². The van der Waals surface area contributed by atoms with Gasteiger partial charge in [0.1, 0.15) is 11.8 Å². The van der Waals surface area contributed by atoms with Gasteiger partial charge in [-0.1, -0.05) is 72.3 Å². The van der Waals surface area contributed by atoms with Crippen molar-refractivity contribution in [3.63, 3.8) is 0 Å². The van der Waals surface area contributed by atoms with Crippen LogP contribution in [0.1, 0.15) is 40.6 Å². The Hall–Kier alpha value is -3.67. The quantitative estimate of drug-likeness (QED) is 0.487. The third kappa shape index (κ3) is 4.28. The lowest BCUT2D eigenvalue weighted by Crippen LogP contribution is -2.51. The van der Waals surface area contributed by atoms with Crippen molar-refractivity contribution < 1.29 is 14.8 Å². The first-order chi connectivity index (χ1) is 14.9. The summed E-state index contributed by atoms with van der Waals surface area (Å²) in [5, 5.41) is 22.1. The molecule has 3 atom stereocenters. The van der Waals surface area contributed by atoms with Crippen molar-refractivity contribution in [1.82, 2.24) is 4.90 Å². The third-order valence-electron chi connectivity index (χ3n) is 5.97. The number of piperidine rings is 1. The minimum atomic E-state index is -1.00. The predicted molar refractivity (Wildman–Crippen MR) is 117 cm³/mol. The lowest BCUT2D eigenvalue weighted by Gasteiger charge is -2.41. The largest absolute Gasteiger partial charge is 0.508 e. The van der Waals surface area contributed by atoms with Gasteiger partial charge >= 0.3 is 0 Å². The van der Waals surface area contributed by atoms with Gasteiger partial charge in [0.05, 0.1) is 5.92 Å². The summed E-state index contributed by atoms with van der Waals surface area (Å²) >= 11 is 0. The van der Waals surface area contributed by atoms with Gasteiger partial charge in [-0.2, -0.15) is 0 Å². The Morgan fingerprint density at radius 2 is 1.61 bits per heavy atom. The van der Waals surface area contributed by atoms with Crippen LogP contribution >= 0.6 is 0 Å². The highest BCUT2D eigenvalue weighted by molar-refractivity contribution is 5.79. The van der Waals surface area contributed by atoms with Crippen LogP contribution in [-0.2, 0) is 11.3 Å². The topological polar surface area (TPSA) is 83.7 Å². The number of aryl methyl sites for hydroxylation is 1. The maximum Gasteiger partial charge on any atom is 0.244 e. The van der Waals surface area contributed by atoms with Crippen molar-refractivity contribution in [1.29, 1.82) is 0 Å². The Morgan fingerprint density at radius 3 is 2.23 bits per heavy atom. The number of nitro groups is 1. The summed E-state index contributed by atoms with van der Waals surface area (Å²) in [6, 6.07) is 21.6. The van der Waals surface area contributed by atoms with Gasteiger partial charge in [-0.15, -0.1) is 0 Å². The van der Waals surface area contributed by atoms with Crippen LogP contribution in [0.2, 0.25) is 0 Å². The number of carbonyl (C=O) groups is 1. The van der Waals surface area contributed by atoms with Gasteiger partial charge in [0.15, 0.2) is 0 Å². The molecule has 3 aromatic rings. The zero-order valence-electron chi connectivity index (χ0n) is 17.2. The first-order valence-electron chi connectivity index (χ1n) is 10.3. The van der Waals surface area contributed by atoms with Crippen molar-refractivity contribution in [2.75, 3.05) is 0 Å². The zero-order valence-corrected chi connectivity index (χ0v) is 17.2. The van der Waals surface area contributed by atoms with Crippen LogP contribution < -0.4 is 0 Å². The minimum Gasteiger partial charge on any atom is -0.508 e. The highest BCUT2D eigenvalue weighted by Crippen LogP contribution is 2.42. The number of aromatic hydroxyl groups is 1. The Morgan fingerprint density at radius 1 is 0.968 bits per heavy atom. The highest BCUT2D eigenvalue weighted by Gasteiger charge is 2.50. The van der Waals surface area contributed by atoms with Gasteiger partial charge in [-0.3, -0.25) is 14.9 Å². The summed E-state index contributed by atoms with van der Waals surface area (Å²) < 4.78 is 0. The van der Waals surface area contributed by atoms with E-state index in [0.29, 0.717) is 5.56 Å². The summed E-state index contributed by atoms with van der Waals surface area (Å²) in [6.45, 7) is 2.28. The lowest BCUT2D eigenvalue weighted by molar-refractivity contribution is -0.537. The number of nitrogens with zero attached hydrogens (tertiary/aromatic N) is 2. The Labute approximate surface area is 180 Å². The molecule has 1 aliphatic heterocycles. The van der Waals surface area contributed by atoms with Crippen LogP contribution in [0.4, 0.5) is 0 Å². The first-order valence-corrected chi connectivity index (χ1v) is 10.3. The highest BCUT2D eigenvalue weighted by atomic mass is 16.6. The molecule has 1 amide bonds.